The molecule has 0 fully saturated rings. The number of hydrogen-bond acceptors (Lipinski definition) is 4. The van der Waals surface area contributed by atoms with Gasteiger partial charge < -0.3 is 10.2 Å². The highest BCUT2D eigenvalue weighted by Crippen LogP contribution is 2.28. The number of hydrogen-bond donors (Lipinski definition) is 1. The van der Waals surface area contributed by atoms with Gasteiger partial charge >= 0.3 is 0 Å². The van der Waals surface area contributed by atoms with Crippen LogP contribution in [0, 0.1) is 19.8 Å². The number of halogens is 1. The van der Waals surface area contributed by atoms with Gasteiger partial charge in [-0.1, -0.05) is 74.0 Å². The Hall–Kier alpha value is -3.36. The van der Waals surface area contributed by atoms with Gasteiger partial charge in [-0.25, -0.2) is 8.42 Å². The van der Waals surface area contributed by atoms with Crippen LogP contribution in [0.3, 0.4) is 0 Å². The molecule has 1 N–H and O–H groups in total. The van der Waals surface area contributed by atoms with E-state index in [9.17, 15) is 18.0 Å². The van der Waals surface area contributed by atoms with Crippen LogP contribution in [0.25, 0.3) is 0 Å². The first kappa shape index (κ1) is 30.2. The van der Waals surface area contributed by atoms with E-state index in [2.05, 4.69) is 5.32 Å². The molecule has 0 bridgehead atoms. The van der Waals surface area contributed by atoms with Crippen molar-refractivity contribution >= 4 is 39.1 Å². The van der Waals surface area contributed by atoms with Gasteiger partial charge in [0.2, 0.25) is 11.8 Å². The second-order valence-corrected chi connectivity index (χ2v) is 12.3. The summed E-state index contributed by atoms with van der Waals surface area (Å²) in [6, 6.07) is 19.6. The summed E-state index contributed by atoms with van der Waals surface area (Å²) in [6.07, 6.45) is 0. The Bertz CT molecular complexity index is 1410. The fraction of sp³-hybridized carbons (Fsp3) is 0.333. The summed E-state index contributed by atoms with van der Waals surface area (Å²) < 4.78 is 28.7. The molecule has 2 amide bonds. The maximum atomic E-state index is 14.0. The Balaban J connectivity index is 2.03. The van der Waals surface area contributed by atoms with Crippen LogP contribution < -0.4 is 9.62 Å². The number of aryl methyl sites for hydroxylation is 2. The van der Waals surface area contributed by atoms with Gasteiger partial charge in [0, 0.05) is 18.1 Å². The first-order valence-electron chi connectivity index (χ1n) is 12.9. The predicted octanol–water partition coefficient (Wildman–Crippen LogP) is 5.34. The van der Waals surface area contributed by atoms with Crippen molar-refractivity contribution in [2.75, 3.05) is 17.4 Å². The molecule has 3 aromatic carbocycles. The molecular weight excluding hydrogens is 534 g/mol. The number of anilines is 1. The summed E-state index contributed by atoms with van der Waals surface area (Å²) in [6.45, 7) is 9.48. The van der Waals surface area contributed by atoms with E-state index in [0.29, 0.717) is 11.6 Å². The molecule has 3 rings (SSSR count). The predicted molar refractivity (Wildman–Crippen MR) is 156 cm³/mol. The minimum Gasteiger partial charge on any atom is -0.354 e. The highest BCUT2D eigenvalue weighted by Gasteiger charge is 2.32. The van der Waals surface area contributed by atoms with Gasteiger partial charge in [0.25, 0.3) is 10.0 Å². The lowest BCUT2D eigenvalue weighted by molar-refractivity contribution is -0.139. The third kappa shape index (κ3) is 7.61. The van der Waals surface area contributed by atoms with E-state index >= 15 is 0 Å². The van der Waals surface area contributed by atoms with Crippen molar-refractivity contribution in [2.45, 2.75) is 52.1 Å². The quantitative estimate of drug-likeness (QED) is 0.338. The minimum atomic E-state index is -4.13. The van der Waals surface area contributed by atoms with Crippen molar-refractivity contribution in [1.82, 2.24) is 10.2 Å². The Labute approximate surface area is 236 Å². The Kier molecular flexibility index (Phi) is 10.2. The monoisotopic (exact) mass is 569 g/mol. The van der Waals surface area contributed by atoms with Crippen molar-refractivity contribution in [3.63, 3.8) is 0 Å². The molecule has 0 aromatic heterocycles. The Morgan fingerprint density at radius 2 is 1.54 bits per heavy atom. The largest absolute Gasteiger partial charge is 0.354 e. The van der Waals surface area contributed by atoms with E-state index in [-0.39, 0.29) is 29.0 Å². The second-order valence-electron chi connectivity index (χ2n) is 10.0. The lowest BCUT2D eigenvalue weighted by atomic mass is 10.1. The number of nitrogens with zero attached hydrogens (tertiary/aromatic N) is 2. The fourth-order valence-corrected chi connectivity index (χ4v) is 5.59. The van der Waals surface area contributed by atoms with Gasteiger partial charge in [0.05, 0.1) is 10.6 Å². The van der Waals surface area contributed by atoms with Gasteiger partial charge in [0.1, 0.15) is 12.6 Å². The summed E-state index contributed by atoms with van der Waals surface area (Å²) in [5.74, 6) is -0.581. The average molecular weight is 570 g/mol. The van der Waals surface area contributed by atoms with Crippen molar-refractivity contribution in [2.24, 2.45) is 5.92 Å². The van der Waals surface area contributed by atoms with Crippen LogP contribution in [0.15, 0.2) is 77.7 Å². The Morgan fingerprint density at radius 3 is 2.15 bits per heavy atom. The maximum Gasteiger partial charge on any atom is 0.264 e. The highest BCUT2D eigenvalue weighted by molar-refractivity contribution is 7.92. The van der Waals surface area contributed by atoms with Crippen LogP contribution in [0.4, 0.5) is 5.69 Å². The number of rotatable bonds is 11. The molecular formula is C30H36ClN3O4S. The van der Waals surface area contributed by atoms with Gasteiger partial charge in [-0.3, -0.25) is 13.9 Å². The summed E-state index contributed by atoms with van der Waals surface area (Å²) in [4.78, 5) is 28.5. The molecule has 0 radical (unpaired) electrons. The van der Waals surface area contributed by atoms with E-state index in [1.54, 1.807) is 37.3 Å². The third-order valence-electron chi connectivity index (χ3n) is 6.51. The molecule has 0 heterocycles. The molecule has 7 nitrogen and oxygen atoms in total. The fourth-order valence-electron chi connectivity index (χ4n) is 3.99. The number of sulfonamides is 1. The molecule has 0 aliphatic heterocycles. The number of amides is 2. The molecule has 3 aromatic rings. The van der Waals surface area contributed by atoms with Crippen LogP contribution >= 0.6 is 11.6 Å². The molecule has 0 spiro atoms. The van der Waals surface area contributed by atoms with Crippen LogP contribution in [0.2, 0.25) is 5.02 Å². The second kappa shape index (κ2) is 13.1. The molecule has 0 aliphatic rings. The normalized spacial score (nSPS) is 12.2. The van der Waals surface area contributed by atoms with Crippen LogP contribution in [0.5, 0.6) is 0 Å². The number of carbonyl (C=O) groups excluding carboxylic acids is 2. The first-order valence-corrected chi connectivity index (χ1v) is 14.7. The van der Waals surface area contributed by atoms with Crippen molar-refractivity contribution in [3.8, 4) is 0 Å². The first-order chi connectivity index (χ1) is 18.4. The summed E-state index contributed by atoms with van der Waals surface area (Å²) in [7, 11) is -4.13. The average Bonchev–Trinajstić information content (AvgIpc) is 2.91. The van der Waals surface area contributed by atoms with E-state index in [4.69, 9.17) is 11.6 Å². The molecule has 0 unspecified atom stereocenters. The zero-order valence-electron chi connectivity index (χ0n) is 23.0. The standard InChI is InChI=1S/C30H36ClN3O4S/c1-21(2)18-32-30(36)24(5)33(19-25-12-10-9-11-22(25)3)29(35)20-34(26-16-15-23(4)28(31)17-26)39(37,38)27-13-7-6-8-14-27/h6-17,21,24H,18-20H2,1-5H3,(H,32,36)/t24-/m0/s1. The summed E-state index contributed by atoms with van der Waals surface area (Å²) in [5.41, 5.74) is 2.87. The Morgan fingerprint density at radius 1 is 0.897 bits per heavy atom. The van der Waals surface area contributed by atoms with Gasteiger partial charge in [-0.15, -0.1) is 0 Å². The zero-order chi connectivity index (χ0) is 28.7. The molecule has 9 heteroatoms. The maximum absolute atomic E-state index is 14.0. The zero-order valence-corrected chi connectivity index (χ0v) is 24.6. The summed E-state index contributed by atoms with van der Waals surface area (Å²) >= 11 is 6.36. The van der Waals surface area contributed by atoms with Crippen molar-refractivity contribution < 1.29 is 18.0 Å². The van der Waals surface area contributed by atoms with Crippen LogP contribution in [0.1, 0.15) is 37.5 Å². The van der Waals surface area contributed by atoms with Crippen molar-refractivity contribution in [3.05, 3.63) is 94.5 Å². The van der Waals surface area contributed by atoms with Gasteiger partial charge in [-0.2, -0.15) is 0 Å². The number of benzene rings is 3. The smallest absolute Gasteiger partial charge is 0.264 e. The van der Waals surface area contributed by atoms with E-state index < -0.39 is 28.5 Å². The molecule has 1 atom stereocenters. The SMILES string of the molecule is Cc1ccc(N(CC(=O)N(Cc2ccccc2C)[C@@H](C)C(=O)NCC(C)C)S(=O)(=O)c2ccccc2)cc1Cl. The number of nitrogens with one attached hydrogen (secondary N) is 1. The lowest BCUT2D eigenvalue weighted by Crippen LogP contribution is -2.51. The van der Waals surface area contributed by atoms with Crippen LogP contribution in [-0.4, -0.2) is 44.3 Å². The molecule has 0 saturated carbocycles. The molecule has 0 aliphatic carbocycles. The van der Waals surface area contributed by atoms with Gasteiger partial charge in [0.15, 0.2) is 0 Å². The molecule has 208 valence electrons. The van der Waals surface area contributed by atoms with Crippen molar-refractivity contribution in [1.29, 1.82) is 0 Å². The summed E-state index contributed by atoms with van der Waals surface area (Å²) in [5, 5.41) is 3.27. The third-order valence-corrected chi connectivity index (χ3v) is 8.70. The minimum absolute atomic E-state index is 0.0441. The number of carbonyl (C=O) groups is 2. The van der Waals surface area contributed by atoms with E-state index in [1.807, 2.05) is 52.0 Å². The van der Waals surface area contributed by atoms with E-state index in [1.165, 1.54) is 23.1 Å². The lowest BCUT2D eigenvalue weighted by Gasteiger charge is -2.32. The van der Waals surface area contributed by atoms with Crippen LogP contribution in [-0.2, 0) is 26.2 Å². The molecule has 0 saturated heterocycles. The topological polar surface area (TPSA) is 86.8 Å². The van der Waals surface area contributed by atoms with Gasteiger partial charge in [-0.05, 0) is 67.6 Å². The highest BCUT2D eigenvalue weighted by atomic mass is 35.5. The van der Waals surface area contributed by atoms with E-state index in [0.717, 1.165) is 21.0 Å². The molecule has 39 heavy (non-hydrogen) atoms.